The smallest absolute Gasteiger partial charge is 0.196 e. The predicted octanol–water partition coefficient (Wildman–Crippen LogP) is 2.52. The molecule has 1 saturated heterocycles. The molecule has 0 amide bonds. The first kappa shape index (κ1) is 17.0. The van der Waals surface area contributed by atoms with Gasteiger partial charge in [-0.1, -0.05) is 12.1 Å². The summed E-state index contributed by atoms with van der Waals surface area (Å²) in [5.41, 5.74) is 3.67. The van der Waals surface area contributed by atoms with Crippen LogP contribution in [0.4, 0.5) is 0 Å². The molecule has 0 saturated carbocycles. The highest BCUT2D eigenvalue weighted by Gasteiger charge is 2.31. The molecule has 0 radical (unpaired) electrons. The fraction of sp³-hybridized carbons (Fsp3) is 0.368. The minimum Gasteiger partial charge on any atom is -0.488 e. The SMILES string of the molecule is Cc1nn([C@@H]2CCS(=O)(=O)C2)c(C)c1/C=C1\COc2ccccc2C1=O. The van der Waals surface area contributed by atoms with Crippen LogP contribution in [0.3, 0.4) is 0 Å². The van der Waals surface area contributed by atoms with Gasteiger partial charge in [0.1, 0.15) is 12.4 Å². The molecule has 2 aliphatic heterocycles. The molecule has 0 unspecified atom stereocenters. The van der Waals surface area contributed by atoms with Crippen LogP contribution >= 0.6 is 0 Å². The number of ether oxygens (including phenoxy) is 1. The number of rotatable bonds is 2. The number of hydrogen-bond acceptors (Lipinski definition) is 5. The minimum absolute atomic E-state index is 0.0400. The Morgan fingerprint density at radius 1 is 1.27 bits per heavy atom. The van der Waals surface area contributed by atoms with Gasteiger partial charge in [-0.25, -0.2) is 8.42 Å². The summed E-state index contributed by atoms with van der Waals surface area (Å²) in [5.74, 6) is 0.896. The van der Waals surface area contributed by atoms with Gasteiger partial charge >= 0.3 is 0 Å². The normalized spacial score (nSPS) is 23.1. The predicted molar refractivity (Wildman–Crippen MR) is 98.3 cm³/mol. The molecule has 1 aromatic carbocycles. The molecule has 2 aliphatic rings. The van der Waals surface area contributed by atoms with Gasteiger partial charge in [0.05, 0.1) is 28.8 Å². The number of nitrogens with zero attached hydrogens (tertiary/aromatic N) is 2. The third kappa shape index (κ3) is 2.86. The lowest BCUT2D eigenvalue weighted by Crippen LogP contribution is -2.19. The minimum atomic E-state index is -2.98. The Kier molecular flexibility index (Phi) is 3.99. The standard InChI is InChI=1S/C19H20N2O4S/c1-12-17(13(2)21(20-12)15-7-8-26(23,24)11-15)9-14-10-25-18-6-4-3-5-16(18)19(14)22/h3-6,9,15H,7-8,10-11H2,1-2H3/b14-9+/t15-/m1/s1. The molecule has 26 heavy (non-hydrogen) atoms. The van der Waals surface area contributed by atoms with Crippen LogP contribution in [0.5, 0.6) is 5.75 Å². The number of ketones is 1. The first-order chi connectivity index (χ1) is 12.4. The van der Waals surface area contributed by atoms with Crippen molar-refractivity contribution in [1.82, 2.24) is 9.78 Å². The zero-order valence-corrected chi connectivity index (χ0v) is 15.5. The second-order valence-corrected chi connectivity index (χ2v) is 9.10. The van der Waals surface area contributed by atoms with E-state index in [0.717, 1.165) is 17.0 Å². The van der Waals surface area contributed by atoms with E-state index in [9.17, 15) is 13.2 Å². The monoisotopic (exact) mass is 372 g/mol. The van der Waals surface area contributed by atoms with Gasteiger partial charge in [-0.3, -0.25) is 9.48 Å². The lowest BCUT2D eigenvalue weighted by molar-refractivity contribution is 0.100. The van der Waals surface area contributed by atoms with Crippen LogP contribution in [0.1, 0.15) is 39.8 Å². The van der Waals surface area contributed by atoms with Gasteiger partial charge in [0.2, 0.25) is 0 Å². The Balaban J connectivity index is 1.69. The molecule has 0 N–H and O–H groups in total. The van der Waals surface area contributed by atoms with Crippen LogP contribution in [-0.4, -0.2) is 42.1 Å². The molecule has 6 nitrogen and oxygen atoms in total. The number of carbonyl (C=O) groups is 1. The van der Waals surface area contributed by atoms with E-state index in [1.54, 1.807) is 16.8 Å². The van der Waals surface area contributed by atoms with E-state index in [0.29, 0.717) is 23.3 Å². The van der Waals surface area contributed by atoms with Crippen LogP contribution in [0.2, 0.25) is 0 Å². The number of aryl methyl sites for hydroxylation is 1. The van der Waals surface area contributed by atoms with Gasteiger partial charge in [0, 0.05) is 16.8 Å². The van der Waals surface area contributed by atoms with Crippen LogP contribution in [-0.2, 0) is 9.84 Å². The number of benzene rings is 1. The molecular weight excluding hydrogens is 352 g/mol. The van der Waals surface area contributed by atoms with Crippen molar-refractivity contribution < 1.29 is 17.9 Å². The second kappa shape index (κ2) is 6.09. The quantitative estimate of drug-likeness (QED) is 0.757. The summed E-state index contributed by atoms with van der Waals surface area (Å²) in [7, 11) is -2.98. The molecule has 1 fully saturated rings. The number of sulfone groups is 1. The zero-order chi connectivity index (χ0) is 18.5. The maximum Gasteiger partial charge on any atom is 0.196 e. The molecule has 2 aromatic rings. The lowest BCUT2D eigenvalue weighted by Gasteiger charge is -2.18. The van der Waals surface area contributed by atoms with Crippen LogP contribution < -0.4 is 4.74 Å². The van der Waals surface area contributed by atoms with Crippen molar-refractivity contribution in [2.45, 2.75) is 26.3 Å². The summed E-state index contributed by atoms with van der Waals surface area (Å²) < 4.78 is 31.1. The molecule has 0 bridgehead atoms. The first-order valence-electron chi connectivity index (χ1n) is 8.59. The van der Waals surface area contributed by atoms with E-state index in [1.165, 1.54) is 0 Å². The Morgan fingerprint density at radius 3 is 2.77 bits per heavy atom. The van der Waals surface area contributed by atoms with E-state index < -0.39 is 9.84 Å². The largest absolute Gasteiger partial charge is 0.488 e. The van der Waals surface area contributed by atoms with Gasteiger partial charge in [0.25, 0.3) is 0 Å². The molecule has 3 heterocycles. The number of hydrogen-bond donors (Lipinski definition) is 0. The Morgan fingerprint density at radius 2 is 2.04 bits per heavy atom. The van der Waals surface area contributed by atoms with Crippen LogP contribution in [0.15, 0.2) is 29.8 Å². The van der Waals surface area contributed by atoms with Gasteiger partial charge in [-0.15, -0.1) is 0 Å². The third-order valence-electron chi connectivity index (χ3n) is 5.06. The summed E-state index contributed by atoms with van der Waals surface area (Å²) in [6.07, 6.45) is 2.41. The lowest BCUT2D eigenvalue weighted by atomic mass is 9.98. The highest BCUT2D eigenvalue weighted by molar-refractivity contribution is 7.91. The van der Waals surface area contributed by atoms with Crippen molar-refractivity contribution in [2.24, 2.45) is 0 Å². The van der Waals surface area contributed by atoms with Crippen molar-refractivity contribution in [1.29, 1.82) is 0 Å². The Labute approximate surface area is 152 Å². The summed E-state index contributed by atoms with van der Waals surface area (Å²) in [4.78, 5) is 12.7. The van der Waals surface area contributed by atoms with Crippen molar-refractivity contribution >= 4 is 21.7 Å². The average Bonchev–Trinajstić information content (AvgIpc) is 3.10. The van der Waals surface area contributed by atoms with E-state index in [4.69, 9.17) is 4.74 Å². The number of Topliss-reactive ketones (excluding diaryl/α,β-unsaturated/α-hetero) is 1. The third-order valence-corrected chi connectivity index (χ3v) is 6.81. The molecule has 0 spiro atoms. The molecule has 1 aromatic heterocycles. The van der Waals surface area contributed by atoms with Gasteiger partial charge in [0.15, 0.2) is 15.6 Å². The summed E-state index contributed by atoms with van der Waals surface area (Å²) in [5, 5.41) is 4.55. The average molecular weight is 372 g/mol. The van der Waals surface area contributed by atoms with Crippen LogP contribution in [0.25, 0.3) is 6.08 Å². The van der Waals surface area contributed by atoms with Crippen molar-refractivity contribution in [2.75, 3.05) is 18.1 Å². The molecule has 1 atom stereocenters. The number of aromatic nitrogens is 2. The van der Waals surface area contributed by atoms with E-state index in [1.807, 2.05) is 32.1 Å². The zero-order valence-electron chi connectivity index (χ0n) is 14.7. The molecule has 0 aliphatic carbocycles. The van der Waals surface area contributed by atoms with Crippen molar-refractivity contribution in [3.63, 3.8) is 0 Å². The summed E-state index contributed by atoms with van der Waals surface area (Å²) >= 11 is 0. The fourth-order valence-electron chi connectivity index (χ4n) is 3.66. The van der Waals surface area contributed by atoms with Gasteiger partial charge in [-0.05, 0) is 38.5 Å². The van der Waals surface area contributed by atoms with Crippen molar-refractivity contribution in [3.05, 3.63) is 52.4 Å². The van der Waals surface area contributed by atoms with Gasteiger partial charge in [-0.2, -0.15) is 5.10 Å². The first-order valence-corrected chi connectivity index (χ1v) is 10.4. The number of carbonyl (C=O) groups excluding carboxylic acids is 1. The maximum absolute atomic E-state index is 12.7. The topological polar surface area (TPSA) is 78.3 Å². The summed E-state index contributed by atoms with van der Waals surface area (Å²) in [6, 6.07) is 7.08. The van der Waals surface area contributed by atoms with E-state index in [2.05, 4.69) is 5.10 Å². The maximum atomic E-state index is 12.7. The Hall–Kier alpha value is -2.41. The second-order valence-electron chi connectivity index (χ2n) is 6.87. The molecular formula is C19H20N2O4S. The number of fused-ring (bicyclic) bond motifs is 1. The van der Waals surface area contributed by atoms with E-state index >= 15 is 0 Å². The molecule has 7 heteroatoms. The highest BCUT2D eigenvalue weighted by atomic mass is 32.2. The number of para-hydroxylation sites is 1. The van der Waals surface area contributed by atoms with Gasteiger partial charge < -0.3 is 4.74 Å². The van der Waals surface area contributed by atoms with E-state index in [-0.39, 0.29) is 29.9 Å². The summed E-state index contributed by atoms with van der Waals surface area (Å²) in [6.45, 7) is 4.01. The highest BCUT2D eigenvalue weighted by Crippen LogP contribution is 2.30. The molecule has 4 rings (SSSR count). The van der Waals surface area contributed by atoms with Crippen LogP contribution in [0, 0.1) is 13.8 Å². The van der Waals surface area contributed by atoms with Crippen molar-refractivity contribution in [3.8, 4) is 5.75 Å². The molecule has 136 valence electrons. The fourth-order valence-corrected chi connectivity index (χ4v) is 5.36. The Bertz CT molecular complexity index is 1030.